The third-order valence-electron chi connectivity index (χ3n) is 3.09. The molecule has 0 bridgehead atoms. The second-order valence-electron chi connectivity index (χ2n) is 4.65. The van der Waals surface area contributed by atoms with E-state index in [2.05, 4.69) is 60.1 Å². The van der Waals surface area contributed by atoms with Crippen molar-refractivity contribution in [3.63, 3.8) is 0 Å². The average molecular weight is 240 g/mol. The van der Waals surface area contributed by atoms with Crippen molar-refractivity contribution in [1.82, 2.24) is 9.88 Å². The van der Waals surface area contributed by atoms with Gasteiger partial charge in [0.1, 0.15) is 0 Å². The van der Waals surface area contributed by atoms with Crippen molar-refractivity contribution in [1.29, 1.82) is 0 Å². The number of benzene rings is 1. The van der Waals surface area contributed by atoms with Crippen LogP contribution in [0.25, 0.3) is 0 Å². The summed E-state index contributed by atoms with van der Waals surface area (Å²) in [6, 6.07) is 12.9. The van der Waals surface area contributed by atoms with Crippen LogP contribution in [0.15, 0.2) is 48.8 Å². The molecular weight excluding hydrogens is 220 g/mol. The van der Waals surface area contributed by atoms with Gasteiger partial charge >= 0.3 is 0 Å². The van der Waals surface area contributed by atoms with Gasteiger partial charge in [0.2, 0.25) is 0 Å². The molecule has 2 aromatic rings. The molecule has 0 saturated carbocycles. The minimum Gasteiger partial charge on any atom is -0.295 e. The fourth-order valence-electron chi connectivity index (χ4n) is 2.09. The normalized spacial score (nSPS) is 10.8. The van der Waals surface area contributed by atoms with Crippen molar-refractivity contribution in [3.8, 4) is 0 Å². The lowest BCUT2D eigenvalue weighted by atomic mass is 10.1. The summed E-state index contributed by atoms with van der Waals surface area (Å²) in [5.74, 6) is 0. The molecule has 1 aromatic carbocycles. The molecular formula is C16H20N2. The van der Waals surface area contributed by atoms with Crippen molar-refractivity contribution in [2.75, 3.05) is 6.54 Å². The zero-order valence-electron chi connectivity index (χ0n) is 11.1. The van der Waals surface area contributed by atoms with Gasteiger partial charge < -0.3 is 0 Å². The Labute approximate surface area is 109 Å². The van der Waals surface area contributed by atoms with Crippen LogP contribution in [-0.2, 0) is 13.1 Å². The molecule has 94 valence electrons. The Morgan fingerprint density at radius 2 is 1.72 bits per heavy atom. The van der Waals surface area contributed by atoms with Gasteiger partial charge in [-0.1, -0.05) is 36.8 Å². The van der Waals surface area contributed by atoms with Crippen LogP contribution in [0.1, 0.15) is 23.6 Å². The fourth-order valence-corrected chi connectivity index (χ4v) is 2.09. The molecule has 0 aliphatic heterocycles. The predicted molar refractivity (Wildman–Crippen MR) is 75.2 cm³/mol. The Morgan fingerprint density at radius 3 is 2.39 bits per heavy atom. The average Bonchev–Trinajstić information content (AvgIpc) is 2.39. The van der Waals surface area contributed by atoms with E-state index in [1.807, 2.05) is 12.4 Å². The van der Waals surface area contributed by atoms with Crippen LogP contribution in [-0.4, -0.2) is 16.4 Å². The maximum atomic E-state index is 4.06. The molecule has 1 aromatic heterocycles. The molecule has 18 heavy (non-hydrogen) atoms. The molecule has 0 saturated heterocycles. The van der Waals surface area contributed by atoms with E-state index in [9.17, 15) is 0 Å². The van der Waals surface area contributed by atoms with Gasteiger partial charge in [-0.15, -0.1) is 0 Å². The second kappa shape index (κ2) is 6.31. The van der Waals surface area contributed by atoms with E-state index in [0.717, 1.165) is 19.6 Å². The Kier molecular flexibility index (Phi) is 4.48. The number of aromatic nitrogens is 1. The number of hydrogen-bond donors (Lipinski definition) is 0. The van der Waals surface area contributed by atoms with Gasteiger partial charge in [0.15, 0.2) is 0 Å². The van der Waals surface area contributed by atoms with E-state index in [1.54, 1.807) is 0 Å². The molecule has 2 heteroatoms. The number of pyridine rings is 1. The van der Waals surface area contributed by atoms with Gasteiger partial charge in [0.25, 0.3) is 0 Å². The van der Waals surface area contributed by atoms with Gasteiger partial charge in [-0.05, 0) is 36.7 Å². The molecule has 0 unspecified atom stereocenters. The lowest BCUT2D eigenvalue weighted by molar-refractivity contribution is 0.271. The zero-order chi connectivity index (χ0) is 12.8. The molecule has 0 aliphatic rings. The minimum atomic E-state index is 0.979. The van der Waals surface area contributed by atoms with Crippen molar-refractivity contribution in [2.45, 2.75) is 26.9 Å². The van der Waals surface area contributed by atoms with E-state index in [4.69, 9.17) is 0 Å². The molecule has 0 atom stereocenters. The number of rotatable bonds is 5. The molecule has 0 radical (unpaired) electrons. The quantitative estimate of drug-likeness (QED) is 0.796. The molecule has 0 spiro atoms. The summed E-state index contributed by atoms with van der Waals surface area (Å²) in [6.45, 7) is 7.38. The summed E-state index contributed by atoms with van der Waals surface area (Å²) in [6.07, 6.45) is 3.71. The largest absolute Gasteiger partial charge is 0.295 e. The fraction of sp³-hybridized carbons (Fsp3) is 0.312. The van der Waals surface area contributed by atoms with Crippen LogP contribution >= 0.6 is 0 Å². The van der Waals surface area contributed by atoms with Crippen molar-refractivity contribution in [2.24, 2.45) is 0 Å². The smallest absolute Gasteiger partial charge is 0.0271 e. The summed E-state index contributed by atoms with van der Waals surface area (Å²) in [5.41, 5.74) is 4.03. The monoisotopic (exact) mass is 240 g/mol. The van der Waals surface area contributed by atoms with Gasteiger partial charge in [0, 0.05) is 25.5 Å². The van der Waals surface area contributed by atoms with Crippen LogP contribution in [0.3, 0.4) is 0 Å². The topological polar surface area (TPSA) is 16.1 Å². The highest BCUT2D eigenvalue weighted by Gasteiger charge is 2.04. The lowest BCUT2D eigenvalue weighted by Crippen LogP contribution is -2.22. The maximum Gasteiger partial charge on any atom is 0.0271 e. The maximum absolute atomic E-state index is 4.06. The molecule has 0 N–H and O–H groups in total. The summed E-state index contributed by atoms with van der Waals surface area (Å²) in [4.78, 5) is 6.49. The Morgan fingerprint density at radius 1 is 1.00 bits per heavy atom. The summed E-state index contributed by atoms with van der Waals surface area (Å²) >= 11 is 0. The van der Waals surface area contributed by atoms with E-state index in [0.29, 0.717) is 0 Å². The highest BCUT2D eigenvalue weighted by Crippen LogP contribution is 2.10. The van der Waals surface area contributed by atoms with Gasteiger partial charge in [-0.2, -0.15) is 0 Å². The third-order valence-corrected chi connectivity index (χ3v) is 3.09. The van der Waals surface area contributed by atoms with Crippen LogP contribution < -0.4 is 0 Å². The van der Waals surface area contributed by atoms with Crippen LogP contribution in [0.4, 0.5) is 0 Å². The van der Waals surface area contributed by atoms with Crippen molar-refractivity contribution < 1.29 is 0 Å². The molecule has 2 nitrogen and oxygen atoms in total. The molecule has 2 rings (SSSR count). The first-order chi connectivity index (χ1) is 8.78. The molecule has 0 amide bonds. The van der Waals surface area contributed by atoms with Crippen molar-refractivity contribution >= 4 is 0 Å². The first-order valence-corrected chi connectivity index (χ1v) is 6.44. The first-order valence-electron chi connectivity index (χ1n) is 6.44. The summed E-state index contributed by atoms with van der Waals surface area (Å²) in [7, 11) is 0. The Bertz CT molecular complexity index is 479. The molecule has 1 heterocycles. The lowest BCUT2D eigenvalue weighted by Gasteiger charge is -2.20. The third kappa shape index (κ3) is 3.67. The van der Waals surface area contributed by atoms with Crippen molar-refractivity contribution in [3.05, 3.63) is 65.5 Å². The van der Waals surface area contributed by atoms with Crippen LogP contribution in [0.5, 0.6) is 0 Å². The minimum absolute atomic E-state index is 0.979. The second-order valence-corrected chi connectivity index (χ2v) is 4.65. The van der Waals surface area contributed by atoms with Gasteiger partial charge in [-0.3, -0.25) is 9.88 Å². The zero-order valence-corrected chi connectivity index (χ0v) is 11.1. The molecule has 0 aliphatic carbocycles. The number of hydrogen-bond acceptors (Lipinski definition) is 2. The van der Waals surface area contributed by atoms with E-state index >= 15 is 0 Å². The number of aryl methyl sites for hydroxylation is 1. The Hall–Kier alpha value is -1.67. The van der Waals surface area contributed by atoms with E-state index < -0.39 is 0 Å². The van der Waals surface area contributed by atoms with Crippen LogP contribution in [0, 0.1) is 6.92 Å². The highest BCUT2D eigenvalue weighted by atomic mass is 15.1. The first kappa shape index (κ1) is 12.8. The molecule has 0 fully saturated rings. The van der Waals surface area contributed by atoms with Gasteiger partial charge in [-0.25, -0.2) is 0 Å². The van der Waals surface area contributed by atoms with E-state index in [-0.39, 0.29) is 0 Å². The summed E-state index contributed by atoms with van der Waals surface area (Å²) < 4.78 is 0. The summed E-state index contributed by atoms with van der Waals surface area (Å²) in [5, 5.41) is 0. The SMILES string of the molecule is CCN(Cc1ccncc1)Cc1cccc(C)c1. The highest BCUT2D eigenvalue weighted by molar-refractivity contribution is 5.22. The number of nitrogens with zero attached hydrogens (tertiary/aromatic N) is 2. The van der Waals surface area contributed by atoms with Crippen LogP contribution in [0.2, 0.25) is 0 Å². The predicted octanol–water partition coefficient (Wildman–Crippen LogP) is 3.41. The Balaban J connectivity index is 2.01. The standard InChI is InChI=1S/C16H20N2/c1-3-18(12-15-7-9-17-10-8-15)13-16-6-4-5-14(2)11-16/h4-11H,3,12-13H2,1-2H3. The van der Waals surface area contributed by atoms with E-state index in [1.165, 1.54) is 16.7 Å². The van der Waals surface area contributed by atoms with Gasteiger partial charge in [0.05, 0.1) is 0 Å².